The average molecular weight is 504 g/mol. The van der Waals surface area contributed by atoms with Gasteiger partial charge in [-0.05, 0) is 33.4 Å². The second kappa shape index (κ2) is 12.3. The van der Waals surface area contributed by atoms with Gasteiger partial charge in [0.25, 0.3) is 0 Å². The predicted molar refractivity (Wildman–Crippen MR) is 157 cm³/mol. The summed E-state index contributed by atoms with van der Waals surface area (Å²) in [7, 11) is -1.04. The van der Waals surface area contributed by atoms with E-state index >= 15 is 0 Å². The summed E-state index contributed by atoms with van der Waals surface area (Å²) < 4.78 is 0. The van der Waals surface area contributed by atoms with Crippen LogP contribution in [0.3, 0.4) is 0 Å². The first-order chi connectivity index (χ1) is 17.9. The van der Waals surface area contributed by atoms with Gasteiger partial charge in [-0.15, -0.1) is 0 Å². The lowest BCUT2D eigenvalue weighted by Gasteiger charge is -2.17. The van der Waals surface area contributed by atoms with Crippen LogP contribution in [0.5, 0.6) is 0 Å². The van der Waals surface area contributed by atoms with Crippen LogP contribution in [-0.4, -0.2) is 15.0 Å². The van der Waals surface area contributed by atoms with Crippen LogP contribution in [0.25, 0.3) is 0 Å². The van der Waals surface area contributed by atoms with Crippen molar-refractivity contribution in [2.75, 3.05) is 0 Å². The molecule has 0 bridgehead atoms. The molecule has 4 aromatic carbocycles. The van der Waals surface area contributed by atoms with Crippen molar-refractivity contribution in [1.82, 2.24) is 15.0 Å². The van der Waals surface area contributed by atoms with Crippen molar-refractivity contribution in [3.63, 3.8) is 0 Å². The number of rotatable bonds is 6. The zero-order valence-electron chi connectivity index (χ0n) is 19.8. The molecule has 0 aliphatic rings. The maximum atomic E-state index is 4.44. The molecule has 0 aliphatic carbocycles. The third kappa shape index (κ3) is 5.89. The zero-order chi connectivity index (χ0) is 24.4. The van der Waals surface area contributed by atoms with Crippen LogP contribution in [0, 0.1) is 0 Å². The van der Waals surface area contributed by atoms with E-state index in [0.717, 1.165) is 5.57 Å². The van der Waals surface area contributed by atoms with Crippen molar-refractivity contribution < 1.29 is 0 Å². The minimum absolute atomic E-state index is 0.465. The number of nitrogens with zero attached hydrogens (tertiary/aromatic N) is 1. The van der Waals surface area contributed by atoms with Gasteiger partial charge in [-0.2, -0.15) is 0 Å². The third-order valence-corrected chi connectivity index (χ3v) is 10.3. The van der Waals surface area contributed by atoms with Gasteiger partial charge in [0.15, 0.2) is 0 Å². The van der Waals surface area contributed by atoms with Crippen molar-refractivity contribution in [1.29, 1.82) is 0 Å². The summed E-state index contributed by atoms with van der Waals surface area (Å²) in [4.78, 5) is 11.1. The van der Waals surface area contributed by atoms with E-state index < -0.39 is 15.8 Å². The normalized spacial score (nSPS) is 10.7. The van der Waals surface area contributed by atoms with E-state index in [-0.39, 0.29) is 0 Å². The number of nitrogens with one attached hydrogen (secondary N) is 2. The van der Waals surface area contributed by atoms with Crippen molar-refractivity contribution in [3.8, 4) is 0 Å². The molecule has 0 saturated heterocycles. The second-order valence-corrected chi connectivity index (χ2v) is 12.3. The SMILES string of the molecule is c1ccc(P(c2ccccc2)c2ccc[nH]2)cc1.c1ccc(P(c2ccccc2)c2ncc[nH]2)cc1. The topological polar surface area (TPSA) is 44.5 Å². The van der Waals surface area contributed by atoms with Crippen LogP contribution in [0.1, 0.15) is 0 Å². The highest BCUT2D eigenvalue weighted by molar-refractivity contribution is 7.79. The van der Waals surface area contributed by atoms with E-state index in [1.165, 1.54) is 26.7 Å². The number of benzene rings is 4. The summed E-state index contributed by atoms with van der Waals surface area (Å²) in [6, 6.07) is 46.7. The molecule has 5 heteroatoms. The molecule has 6 rings (SSSR count). The highest BCUT2D eigenvalue weighted by Gasteiger charge is 2.18. The molecule has 2 aromatic heterocycles. The van der Waals surface area contributed by atoms with Gasteiger partial charge in [-0.25, -0.2) is 4.98 Å². The molecule has 176 valence electrons. The van der Waals surface area contributed by atoms with E-state index in [2.05, 4.69) is 136 Å². The Morgan fingerprint density at radius 1 is 0.417 bits per heavy atom. The molecule has 0 amide bonds. The van der Waals surface area contributed by atoms with E-state index in [1.54, 1.807) is 0 Å². The summed E-state index contributed by atoms with van der Waals surface area (Å²) in [5.74, 6) is 0. The average Bonchev–Trinajstić information content (AvgIpc) is 3.68. The lowest BCUT2D eigenvalue weighted by atomic mass is 10.4. The number of H-pyrrole nitrogens is 2. The van der Waals surface area contributed by atoms with Gasteiger partial charge in [-0.3, -0.25) is 0 Å². The van der Waals surface area contributed by atoms with Gasteiger partial charge < -0.3 is 9.97 Å². The Labute approximate surface area is 214 Å². The highest BCUT2D eigenvalue weighted by Crippen LogP contribution is 2.32. The lowest BCUT2D eigenvalue weighted by molar-refractivity contribution is 1.41. The Bertz CT molecular complexity index is 1210. The van der Waals surface area contributed by atoms with Crippen LogP contribution >= 0.6 is 15.8 Å². The number of hydrogen-bond donors (Lipinski definition) is 2. The number of aromatic nitrogens is 3. The Kier molecular flexibility index (Phi) is 8.16. The molecule has 3 nitrogen and oxygen atoms in total. The smallest absolute Gasteiger partial charge is 0.137 e. The van der Waals surface area contributed by atoms with Crippen molar-refractivity contribution in [2.24, 2.45) is 0 Å². The quantitative estimate of drug-likeness (QED) is 0.311. The van der Waals surface area contributed by atoms with Gasteiger partial charge >= 0.3 is 0 Å². The fourth-order valence-corrected chi connectivity index (χ4v) is 8.32. The fourth-order valence-electron chi connectivity index (χ4n) is 3.97. The molecule has 2 N–H and O–H groups in total. The minimum atomic E-state index is -0.576. The first kappa shape index (κ1) is 23.9. The summed E-state index contributed by atoms with van der Waals surface area (Å²) in [5, 5.41) is 5.38. The minimum Gasteiger partial charge on any atom is -0.361 e. The van der Waals surface area contributed by atoms with Crippen LogP contribution < -0.4 is 32.2 Å². The Balaban J connectivity index is 0.000000148. The van der Waals surface area contributed by atoms with Crippen molar-refractivity contribution in [2.45, 2.75) is 0 Å². The van der Waals surface area contributed by atoms with Crippen LogP contribution in [0.2, 0.25) is 0 Å². The van der Waals surface area contributed by atoms with Crippen LogP contribution in [0.15, 0.2) is 152 Å². The standard InChI is InChI=1S/C16H14NP.C15H13N2P/c1-3-8-14(9-4-1)18(16-12-7-13-17-16)15-10-5-2-6-11-15;1-3-7-13(8-4-1)18(15-16-11-12-17-15)14-9-5-2-6-10-14/h1-13,17H;1-12H,(H,16,17). The maximum Gasteiger partial charge on any atom is 0.137 e. The van der Waals surface area contributed by atoms with Crippen molar-refractivity contribution in [3.05, 3.63) is 152 Å². The predicted octanol–water partition coefficient (Wildman–Crippen LogP) is 4.94. The largest absolute Gasteiger partial charge is 0.361 e. The number of aromatic amines is 2. The monoisotopic (exact) mass is 503 g/mol. The fraction of sp³-hybridized carbons (Fsp3) is 0. The summed E-state index contributed by atoms with van der Waals surface area (Å²) in [6.45, 7) is 0. The molecular weight excluding hydrogens is 476 g/mol. The van der Waals surface area contributed by atoms with Crippen molar-refractivity contribution >= 4 is 48.1 Å². The molecule has 0 aliphatic heterocycles. The number of hydrogen-bond acceptors (Lipinski definition) is 1. The molecule has 0 radical (unpaired) electrons. The van der Waals surface area contributed by atoms with E-state index in [0.29, 0.717) is 0 Å². The van der Waals surface area contributed by atoms with Gasteiger partial charge in [0.05, 0.1) is 0 Å². The van der Waals surface area contributed by atoms with E-state index in [1.807, 2.05) is 30.7 Å². The summed E-state index contributed by atoms with van der Waals surface area (Å²) in [5.41, 5.74) is 2.34. The zero-order valence-corrected chi connectivity index (χ0v) is 21.6. The Morgan fingerprint density at radius 2 is 0.861 bits per heavy atom. The first-order valence-corrected chi connectivity index (χ1v) is 14.5. The van der Waals surface area contributed by atoms with Crippen LogP contribution in [0.4, 0.5) is 0 Å². The van der Waals surface area contributed by atoms with Gasteiger partial charge in [-0.1, -0.05) is 121 Å². The molecular formula is C31H27N3P2. The van der Waals surface area contributed by atoms with E-state index in [9.17, 15) is 0 Å². The molecule has 0 atom stereocenters. The lowest BCUT2D eigenvalue weighted by Crippen LogP contribution is -2.22. The molecule has 0 unspecified atom stereocenters. The van der Waals surface area contributed by atoms with Gasteiger partial charge in [0.1, 0.15) is 5.57 Å². The van der Waals surface area contributed by atoms with Crippen LogP contribution in [-0.2, 0) is 0 Å². The molecule has 0 saturated carbocycles. The molecule has 0 fully saturated rings. The summed E-state index contributed by atoms with van der Waals surface area (Å²) >= 11 is 0. The highest BCUT2D eigenvalue weighted by atomic mass is 31.1. The maximum absolute atomic E-state index is 4.44. The number of imidazole rings is 1. The van der Waals surface area contributed by atoms with Gasteiger partial charge in [0, 0.05) is 39.9 Å². The third-order valence-electron chi connectivity index (χ3n) is 5.58. The Hall–Kier alpha value is -3.77. The first-order valence-electron chi connectivity index (χ1n) is 11.8. The molecule has 36 heavy (non-hydrogen) atoms. The molecule has 6 aromatic rings. The second-order valence-electron chi connectivity index (χ2n) is 7.98. The van der Waals surface area contributed by atoms with E-state index in [4.69, 9.17) is 0 Å². The summed E-state index contributed by atoms with van der Waals surface area (Å²) in [6.07, 6.45) is 5.70. The molecule has 0 spiro atoms. The van der Waals surface area contributed by atoms with Gasteiger partial charge in [0.2, 0.25) is 0 Å². The Morgan fingerprint density at radius 3 is 1.22 bits per heavy atom. The molecule has 2 heterocycles.